The molecule has 1 nitrogen and oxygen atoms in total. The molecule has 0 aromatic rings. The van der Waals surface area contributed by atoms with Gasteiger partial charge in [0.15, 0.2) is 0 Å². The van der Waals surface area contributed by atoms with Crippen molar-refractivity contribution >= 4 is 0 Å². The third kappa shape index (κ3) is 9.96. The monoisotopic (exact) mass is 160 g/mol. The first-order valence-corrected chi connectivity index (χ1v) is 4.87. The van der Waals surface area contributed by atoms with Crippen LogP contribution >= 0.6 is 0 Å². The van der Waals surface area contributed by atoms with Crippen LogP contribution in [0.5, 0.6) is 0 Å². The van der Waals surface area contributed by atoms with E-state index < -0.39 is 0 Å². The summed E-state index contributed by atoms with van der Waals surface area (Å²) in [6, 6.07) is 0. The maximum Gasteiger partial charge on any atom is 0.0571 e. The minimum Gasteiger partial charge on any atom is -0.381 e. The summed E-state index contributed by atoms with van der Waals surface area (Å²) in [7, 11) is 1.80. The molecule has 0 radical (unpaired) electrons. The van der Waals surface area contributed by atoms with Gasteiger partial charge in [0.2, 0.25) is 0 Å². The van der Waals surface area contributed by atoms with Crippen molar-refractivity contribution in [3.05, 3.63) is 0 Å². The average Bonchev–Trinajstić information content (AvgIpc) is 2.08. The largest absolute Gasteiger partial charge is 0.381 e. The van der Waals surface area contributed by atoms with E-state index in [0.29, 0.717) is 6.10 Å². The molecule has 0 amide bonds. The topological polar surface area (TPSA) is 9.23 Å². The summed E-state index contributed by atoms with van der Waals surface area (Å²) in [5.41, 5.74) is 0. The highest BCUT2D eigenvalue weighted by atomic mass is 16.5. The summed E-state index contributed by atoms with van der Waals surface area (Å²) in [5.74, 6) is 0. The van der Waals surface area contributed by atoms with Gasteiger partial charge in [-0.25, -0.2) is 0 Å². The first kappa shape index (κ1) is 13.5. The maximum atomic E-state index is 5.23. The van der Waals surface area contributed by atoms with Crippen LogP contribution < -0.4 is 0 Å². The van der Waals surface area contributed by atoms with E-state index in [1.54, 1.807) is 7.11 Å². The van der Waals surface area contributed by atoms with Crippen LogP contribution in [0.2, 0.25) is 0 Å². The van der Waals surface area contributed by atoms with Crippen LogP contribution in [0.1, 0.15) is 53.4 Å². The second-order valence-corrected chi connectivity index (χ2v) is 2.44. The Kier molecular flexibility index (Phi) is 15.5. The van der Waals surface area contributed by atoms with Gasteiger partial charge in [-0.1, -0.05) is 40.5 Å². The highest BCUT2D eigenvalue weighted by molar-refractivity contribution is 4.53. The summed E-state index contributed by atoms with van der Waals surface area (Å²) in [4.78, 5) is 0. The van der Waals surface area contributed by atoms with Crippen LogP contribution in [0.15, 0.2) is 0 Å². The molecule has 0 unspecified atom stereocenters. The Balaban J connectivity index is 0. The molecule has 0 aliphatic rings. The molecule has 0 aliphatic carbocycles. The van der Waals surface area contributed by atoms with E-state index in [1.807, 2.05) is 13.8 Å². The molecular weight excluding hydrogens is 136 g/mol. The number of hydrogen-bond donors (Lipinski definition) is 0. The molecular formula is C10H24O. The van der Waals surface area contributed by atoms with Gasteiger partial charge in [0.1, 0.15) is 0 Å². The predicted octanol–water partition coefficient (Wildman–Crippen LogP) is 3.63. The molecule has 0 spiro atoms. The van der Waals surface area contributed by atoms with Crippen molar-refractivity contribution in [3.8, 4) is 0 Å². The van der Waals surface area contributed by atoms with Crippen molar-refractivity contribution in [2.45, 2.75) is 59.5 Å². The minimum absolute atomic E-state index is 0.514. The number of hydrogen-bond acceptors (Lipinski definition) is 1. The molecule has 70 valence electrons. The van der Waals surface area contributed by atoms with Crippen molar-refractivity contribution in [2.75, 3.05) is 7.11 Å². The predicted molar refractivity (Wildman–Crippen MR) is 52.0 cm³/mol. The fourth-order valence-corrected chi connectivity index (χ4v) is 1.02. The lowest BCUT2D eigenvalue weighted by Crippen LogP contribution is -2.08. The molecule has 11 heavy (non-hydrogen) atoms. The van der Waals surface area contributed by atoms with E-state index >= 15 is 0 Å². The third-order valence-corrected chi connectivity index (χ3v) is 1.55. The lowest BCUT2D eigenvalue weighted by Gasteiger charge is -2.11. The Morgan fingerprint density at radius 1 is 1.00 bits per heavy atom. The molecule has 0 rings (SSSR count). The molecule has 0 saturated heterocycles. The van der Waals surface area contributed by atoms with E-state index in [4.69, 9.17) is 4.74 Å². The van der Waals surface area contributed by atoms with Crippen LogP contribution in [0.4, 0.5) is 0 Å². The zero-order valence-electron chi connectivity index (χ0n) is 8.81. The quantitative estimate of drug-likeness (QED) is 0.596. The summed E-state index contributed by atoms with van der Waals surface area (Å²) in [6.07, 6.45) is 5.41. The standard InChI is InChI=1S/C8H18O.C2H6/c1-4-6-8(9-3)7-5-2;1-2/h8H,4-7H2,1-3H3;1-2H3. The van der Waals surface area contributed by atoms with Crippen LogP contribution in [0.25, 0.3) is 0 Å². The molecule has 1 heteroatoms. The lowest BCUT2D eigenvalue weighted by molar-refractivity contribution is 0.0868. The molecule has 0 bridgehead atoms. The first-order valence-electron chi connectivity index (χ1n) is 4.87. The minimum atomic E-state index is 0.514. The lowest BCUT2D eigenvalue weighted by atomic mass is 10.1. The van der Waals surface area contributed by atoms with Gasteiger partial charge in [0, 0.05) is 7.11 Å². The van der Waals surface area contributed by atoms with Gasteiger partial charge >= 0.3 is 0 Å². The van der Waals surface area contributed by atoms with E-state index in [1.165, 1.54) is 25.7 Å². The van der Waals surface area contributed by atoms with E-state index in [9.17, 15) is 0 Å². The molecule has 0 aliphatic heterocycles. The highest BCUT2D eigenvalue weighted by Crippen LogP contribution is 2.06. The molecule has 0 N–H and O–H groups in total. The Bertz CT molecular complexity index is 46.8. The van der Waals surface area contributed by atoms with Crippen LogP contribution in [-0.4, -0.2) is 13.2 Å². The zero-order chi connectivity index (χ0) is 9.11. The maximum absolute atomic E-state index is 5.23. The molecule has 0 fully saturated rings. The Morgan fingerprint density at radius 3 is 1.55 bits per heavy atom. The molecule has 0 aromatic heterocycles. The summed E-state index contributed by atoms with van der Waals surface area (Å²) >= 11 is 0. The summed E-state index contributed by atoms with van der Waals surface area (Å²) in [6.45, 7) is 8.39. The third-order valence-electron chi connectivity index (χ3n) is 1.55. The van der Waals surface area contributed by atoms with Crippen molar-refractivity contribution in [3.63, 3.8) is 0 Å². The second-order valence-electron chi connectivity index (χ2n) is 2.44. The summed E-state index contributed by atoms with van der Waals surface area (Å²) < 4.78 is 5.23. The van der Waals surface area contributed by atoms with Gasteiger partial charge in [-0.2, -0.15) is 0 Å². The highest BCUT2D eigenvalue weighted by Gasteiger charge is 2.01. The van der Waals surface area contributed by atoms with Gasteiger partial charge in [0.25, 0.3) is 0 Å². The summed E-state index contributed by atoms with van der Waals surface area (Å²) in [5, 5.41) is 0. The van der Waals surface area contributed by atoms with Crippen LogP contribution in [0, 0.1) is 0 Å². The fraction of sp³-hybridized carbons (Fsp3) is 1.00. The number of ether oxygens (including phenoxy) is 1. The van der Waals surface area contributed by atoms with Gasteiger partial charge in [0.05, 0.1) is 6.10 Å². The van der Waals surface area contributed by atoms with E-state index in [0.717, 1.165) is 0 Å². The number of rotatable bonds is 5. The smallest absolute Gasteiger partial charge is 0.0571 e. The molecule has 0 atom stereocenters. The van der Waals surface area contributed by atoms with E-state index in [-0.39, 0.29) is 0 Å². The van der Waals surface area contributed by atoms with Gasteiger partial charge < -0.3 is 4.74 Å². The Hall–Kier alpha value is -0.0400. The van der Waals surface area contributed by atoms with Crippen molar-refractivity contribution in [1.82, 2.24) is 0 Å². The number of methoxy groups -OCH3 is 1. The van der Waals surface area contributed by atoms with Crippen LogP contribution in [0.3, 0.4) is 0 Å². The van der Waals surface area contributed by atoms with Crippen molar-refractivity contribution in [2.24, 2.45) is 0 Å². The molecule has 0 heterocycles. The van der Waals surface area contributed by atoms with Crippen LogP contribution in [-0.2, 0) is 4.74 Å². The zero-order valence-corrected chi connectivity index (χ0v) is 8.81. The van der Waals surface area contributed by atoms with Gasteiger partial charge in [-0.15, -0.1) is 0 Å². The van der Waals surface area contributed by atoms with Gasteiger partial charge in [-0.3, -0.25) is 0 Å². The SMILES string of the molecule is CC.CCCC(CCC)OC. The normalized spacial score (nSPS) is 9.27. The van der Waals surface area contributed by atoms with Crippen molar-refractivity contribution < 1.29 is 4.74 Å². The second kappa shape index (κ2) is 12.6. The molecule has 0 aromatic carbocycles. The van der Waals surface area contributed by atoms with Gasteiger partial charge in [-0.05, 0) is 12.8 Å². The average molecular weight is 160 g/mol. The first-order chi connectivity index (χ1) is 5.35. The fourth-order valence-electron chi connectivity index (χ4n) is 1.02. The Labute approximate surface area is 72.1 Å². The van der Waals surface area contributed by atoms with Crippen molar-refractivity contribution in [1.29, 1.82) is 0 Å². The molecule has 0 saturated carbocycles. The Morgan fingerprint density at radius 2 is 1.36 bits per heavy atom. The van der Waals surface area contributed by atoms with E-state index in [2.05, 4.69) is 13.8 Å².